The van der Waals surface area contributed by atoms with Crippen LogP contribution in [0.25, 0.3) is 11.3 Å². The number of carbonyl (C=O) groups is 1. The number of hydrogen-bond acceptors (Lipinski definition) is 5. The molecule has 1 fully saturated rings. The second-order valence-corrected chi connectivity index (χ2v) is 6.24. The first kappa shape index (κ1) is 18.1. The summed E-state index contributed by atoms with van der Waals surface area (Å²) in [6.07, 6.45) is 0. The van der Waals surface area contributed by atoms with E-state index in [9.17, 15) is 9.59 Å². The SMILES string of the molecule is CCN1CCN(C(=O)Cn2nc(-c3ccccc3)c(OC)cc2=O)CC1. The first-order valence-corrected chi connectivity index (χ1v) is 8.84. The molecule has 0 unspecified atom stereocenters. The summed E-state index contributed by atoms with van der Waals surface area (Å²) in [7, 11) is 1.51. The molecular weight excluding hydrogens is 332 g/mol. The van der Waals surface area contributed by atoms with Crippen LogP contribution in [-0.2, 0) is 11.3 Å². The van der Waals surface area contributed by atoms with Crippen LogP contribution in [0.15, 0.2) is 41.2 Å². The minimum absolute atomic E-state index is 0.0607. The second-order valence-electron chi connectivity index (χ2n) is 6.24. The molecule has 0 radical (unpaired) electrons. The third-order valence-electron chi connectivity index (χ3n) is 4.69. The summed E-state index contributed by atoms with van der Waals surface area (Å²) in [5.74, 6) is 0.320. The van der Waals surface area contributed by atoms with E-state index in [4.69, 9.17) is 4.74 Å². The number of carbonyl (C=O) groups excluding carboxylic acids is 1. The van der Waals surface area contributed by atoms with Gasteiger partial charge in [0.1, 0.15) is 12.2 Å². The minimum atomic E-state index is -0.345. The Kier molecular flexibility index (Phi) is 5.68. The van der Waals surface area contributed by atoms with Crippen molar-refractivity contribution in [2.24, 2.45) is 0 Å². The molecule has 1 aliphatic rings. The van der Waals surface area contributed by atoms with E-state index in [2.05, 4.69) is 16.9 Å². The smallest absolute Gasteiger partial charge is 0.270 e. The van der Waals surface area contributed by atoms with E-state index in [1.807, 2.05) is 30.3 Å². The summed E-state index contributed by atoms with van der Waals surface area (Å²) in [6, 6.07) is 10.9. The van der Waals surface area contributed by atoms with E-state index in [1.54, 1.807) is 4.90 Å². The molecule has 1 aromatic heterocycles. The lowest BCUT2D eigenvalue weighted by molar-refractivity contribution is -0.133. The molecular formula is C19H24N4O3. The molecule has 138 valence electrons. The number of piperazine rings is 1. The number of benzene rings is 1. The van der Waals surface area contributed by atoms with E-state index in [-0.39, 0.29) is 18.0 Å². The van der Waals surface area contributed by atoms with Crippen LogP contribution in [0.4, 0.5) is 0 Å². The van der Waals surface area contributed by atoms with Gasteiger partial charge in [0.2, 0.25) is 5.91 Å². The number of hydrogen-bond donors (Lipinski definition) is 0. The Hall–Kier alpha value is -2.67. The molecule has 0 N–H and O–H groups in total. The van der Waals surface area contributed by atoms with Crippen LogP contribution in [0.1, 0.15) is 6.92 Å². The fourth-order valence-corrected chi connectivity index (χ4v) is 3.08. The lowest BCUT2D eigenvalue weighted by Crippen LogP contribution is -2.49. The van der Waals surface area contributed by atoms with E-state index < -0.39 is 0 Å². The first-order chi connectivity index (χ1) is 12.6. The lowest BCUT2D eigenvalue weighted by atomic mass is 10.1. The number of nitrogens with zero attached hydrogens (tertiary/aromatic N) is 4. The van der Waals surface area contributed by atoms with E-state index in [1.165, 1.54) is 17.9 Å². The Labute approximate surface area is 152 Å². The summed E-state index contributed by atoms with van der Waals surface area (Å²) in [5.41, 5.74) is 1.04. The van der Waals surface area contributed by atoms with Gasteiger partial charge in [-0.15, -0.1) is 0 Å². The molecule has 1 aliphatic heterocycles. The van der Waals surface area contributed by atoms with Crippen molar-refractivity contribution in [3.8, 4) is 17.0 Å². The molecule has 26 heavy (non-hydrogen) atoms. The topological polar surface area (TPSA) is 67.7 Å². The molecule has 7 nitrogen and oxygen atoms in total. The van der Waals surface area contributed by atoms with Gasteiger partial charge in [-0.3, -0.25) is 9.59 Å². The minimum Gasteiger partial charge on any atom is -0.494 e. The monoisotopic (exact) mass is 356 g/mol. The van der Waals surface area contributed by atoms with Crippen molar-refractivity contribution in [1.29, 1.82) is 0 Å². The standard InChI is InChI=1S/C19H24N4O3/c1-3-21-9-11-22(12-10-21)18(25)14-23-17(24)13-16(26-2)19(20-23)15-7-5-4-6-8-15/h4-8,13H,3,9-12,14H2,1-2H3. The molecule has 0 aliphatic carbocycles. The number of ether oxygens (including phenoxy) is 1. The van der Waals surface area contributed by atoms with Crippen LogP contribution in [-0.4, -0.2) is 65.3 Å². The van der Waals surface area contributed by atoms with Gasteiger partial charge in [-0.1, -0.05) is 37.3 Å². The van der Waals surface area contributed by atoms with Crippen molar-refractivity contribution in [3.63, 3.8) is 0 Å². The van der Waals surface area contributed by atoms with E-state index in [0.29, 0.717) is 24.5 Å². The number of methoxy groups -OCH3 is 1. The largest absolute Gasteiger partial charge is 0.494 e. The van der Waals surface area contributed by atoms with Crippen LogP contribution in [0.3, 0.4) is 0 Å². The fraction of sp³-hybridized carbons (Fsp3) is 0.421. The molecule has 0 atom stereocenters. The van der Waals surface area contributed by atoms with E-state index in [0.717, 1.165) is 25.2 Å². The predicted octanol–water partition coefficient (Wildman–Crippen LogP) is 1.08. The molecule has 0 spiro atoms. The Morgan fingerprint density at radius 1 is 1.15 bits per heavy atom. The predicted molar refractivity (Wildman–Crippen MR) is 99.2 cm³/mol. The van der Waals surface area contributed by atoms with Crippen LogP contribution in [0.2, 0.25) is 0 Å². The normalized spacial score (nSPS) is 15.1. The maximum absolute atomic E-state index is 12.6. The van der Waals surface area contributed by atoms with Crippen molar-refractivity contribution in [2.45, 2.75) is 13.5 Å². The van der Waals surface area contributed by atoms with Gasteiger partial charge < -0.3 is 14.5 Å². The van der Waals surface area contributed by atoms with Crippen LogP contribution in [0.5, 0.6) is 5.75 Å². The summed E-state index contributed by atoms with van der Waals surface area (Å²) in [4.78, 5) is 29.0. The van der Waals surface area contributed by atoms with Gasteiger partial charge in [-0.05, 0) is 6.54 Å². The van der Waals surface area contributed by atoms with Crippen molar-refractivity contribution in [1.82, 2.24) is 19.6 Å². The summed E-state index contributed by atoms with van der Waals surface area (Å²) in [6.45, 7) is 6.14. The van der Waals surface area contributed by atoms with Gasteiger partial charge in [0.15, 0.2) is 5.75 Å². The van der Waals surface area contributed by atoms with Gasteiger partial charge in [0.05, 0.1) is 7.11 Å². The van der Waals surface area contributed by atoms with Gasteiger partial charge in [0.25, 0.3) is 5.56 Å². The molecule has 2 aromatic rings. The van der Waals surface area contributed by atoms with Crippen LogP contribution < -0.4 is 10.3 Å². The number of likely N-dealkylation sites (N-methyl/N-ethyl adjacent to an activating group) is 1. The molecule has 1 saturated heterocycles. The van der Waals surface area contributed by atoms with Gasteiger partial charge in [-0.2, -0.15) is 5.10 Å². The lowest BCUT2D eigenvalue weighted by Gasteiger charge is -2.34. The Morgan fingerprint density at radius 2 is 1.85 bits per heavy atom. The Balaban J connectivity index is 1.82. The van der Waals surface area contributed by atoms with Crippen molar-refractivity contribution >= 4 is 5.91 Å². The van der Waals surface area contributed by atoms with Crippen LogP contribution >= 0.6 is 0 Å². The summed E-state index contributed by atoms with van der Waals surface area (Å²) >= 11 is 0. The number of amides is 1. The Morgan fingerprint density at radius 3 is 2.46 bits per heavy atom. The highest BCUT2D eigenvalue weighted by Crippen LogP contribution is 2.25. The zero-order valence-corrected chi connectivity index (χ0v) is 15.2. The average Bonchev–Trinajstić information content (AvgIpc) is 2.69. The van der Waals surface area contributed by atoms with Gasteiger partial charge in [0, 0.05) is 37.8 Å². The third-order valence-corrected chi connectivity index (χ3v) is 4.69. The zero-order valence-electron chi connectivity index (χ0n) is 15.2. The molecule has 2 heterocycles. The zero-order chi connectivity index (χ0) is 18.5. The molecule has 0 saturated carbocycles. The summed E-state index contributed by atoms with van der Waals surface area (Å²) < 4.78 is 6.53. The fourth-order valence-electron chi connectivity index (χ4n) is 3.08. The third kappa shape index (κ3) is 3.94. The summed E-state index contributed by atoms with van der Waals surface area (Å²) in [5, 5.41) is 4.40. The quantitative estimate of drug-likeness (QED) is 0.802. The van der Waals surface area contributed by atoms with E-state index >= 15 is 0 Å². The Bertz CT molecular complexity index is 811. The molecule has 0 bridgehead atoms. The number of rotatable bonds is 5. The average molecular weight is 356 g/mol. The highest BCUT2D eigenvalue weighted by atomic mass is 16.5. The van der Waals surface area contributed by atoms with Gasteiger partial charge >= 0.3 is 0 Å². The molecule has 7 heteroatoms. The highest BCUT2D eigenvalue weighted by Gasteiger charge is 2.21. The maximum atomic E-state index is 12.6. The molecule has 3 rings (SSSR count). The van der Waals surface area contributed by atoms with Crippen LogP contribution in [0, 0.1) is 0 Å². The highest BCUT2D eigenvalue weighted by molar-refractivity contribution is 5.76. The molecule has 1 amide bonds. The van der Waals surface area contributed by atoms with Crippen molar-refractivity contribution in [3.05, 3.63) is 46.8 Å². The first-order valence-electron chi connectivity index (χ1n) is 8.84. The van der Waals surface area contributed by atoms with Crippen molar-refractivity contribution < 1.29 is 9.53 Å². The number of aromatic nitrogens is 2. The molecule has 1 aromatic carbocycles. The second kappa shape index (κ2) is 8.14. The van der Waals surface area contributed by atoms with Crippen molar-refractivity contribution in [2.75, 3.05) is 39.8 Å². The van der Waals surface area contributed by atoms with Gasteiger partial charge in [-0.25, -0.2) is 4.68 Å². The maximum Gasteiger partial charge on any atom is 0.270 e.